The van der Waals surface area contributed by atoms with Crippen molar-refractivity contribution in [3.8, 4) is 0 Å². The van der Waals surface area contributed by atoms with Gasteiger partial charge in [-0.2, -0.15) is 10.2 Å². The summed E-state index contributed by atoms with van der Waals surface area (Å²) in [5.41, 5.74) is 1.89. The van der Waals surface area contributed by atoms with Crippen molar-refractivity contribution in [2.75, 3.05) is 0 Å². The number of carboxylic acid groups (broad SMARTS) is 1. The zero-order valence-electron chi connectivity index (χ0n) is 11.3. The van der Waals surface area contributed by atoms with Gasteiger partial charge in [0.05, 0.1) is 17.5 Å². The molecule has 1 unspecified atom stereocenters. The quantitative estimate of drug-likeness (QED) is 0.744. The summed E-state index contributed by atoms with van der Waals surface area (Å²) in [5.74, 6) is -1.63. The van der Waals surface area contributed by atoms with Crippen LogP contribution in [0.4, 0.5) is 0 Å². The van der Waals surface area contributed by atoms with E-state index in [4.69, 9.17) is 0 Å². The average Bonchev–Trinajstić information content (AvgIpc) is 2.92. The Morgan fingerprint density at radius 2 is 2.15 bits per heavy atom. The molecule has 0 saturated carbocycles. The van der Waals surface area contributed by atoms with E-state index in [-0.39, 0.29) is 0 Å². The van der Waals surface area contributed by atoms with E-state index in [0.29, 0.717) is 22.5 Å². The molecule has 8 nitrogen and oxygen atoms in total. The molecular formula is C12H15N5O3. The first-order valence-corrected chi connectivity index (χ1v) is 5.94. The second-order valence-corrected chi connectivity index (χ2v) is 4.50. The standard InChI is InChI=1S/C12H15N5O3/c1-6-9(7(2)16-15-6)11(18)14-10(12(19)20)8-4-13-17(3)5-8/h4-5,10H,1-3H3,(H,14,18)(H,15,16)(H,19,20). The molecule has 20 heavy (non-hydrogen) atoms. The number of rotatable bonds is 4. The van der Waals surface area contributed by atoms with Crippen LogP contribution in [0.5, 0.6) is 0 Å². The molecule has 3 N–H and O–H groups in total. The van der Waals surface area contributed by atoms with Crippen LogP contribution in [0.3, 0.4) is 0 Å². The van der Waals surface area contributed by atoms with Gasteiger partial charge < -0.3 is 10.4 Å². The molecule has 0 fully saturated rings. The molecule has 0 aliphatic heterocycles. The van der Waals surface area contributed by atoms with E-state index in [2.05, 4.69) is 20.6 Å². The summed E-state index contributed by atoms with van der Waals surface area (Å²) < 4.78 is 1.48. The first-order valence-electron chi connectivity index (χ1n) is 5.94. The minimum Gasteiger partial charge on any atom is -0.479 e. The summed E-state index contributed by atoms with van der Waals surface area (Å²) in [4.78, 5) is 23.5. The van der Waals surface area contributed by atoms with Gasteiger partial charge in [-0.05, 0) is 13.8 Å². The van der Waals surface area contributed by atoms with E-state index in [0.717, 1.165) is 0 Å². The van der Waals surface area contributed by atoms with E-state index in [1.807, 2.05) is 0 Å². The zero-order valence-corrected chi connectivity index (χ0v) is 11.3. The highest BCUT2D eigenvalue weighted by Crippen LogP contribution is 2.15. The van der Waals surface area contributed by atoms with Gasteiger partial charge in [0.2, 0.25) is 0 Å². The third-order valence-electron chi connectivity index (χ3n) is 2.94. The van der Waals surface area contributed by atoms with E-state index < -0.39 is 17.9 Å². The first kappa shape index (κ1) is 13.8. The maximum atomic E-state index is 12.2. The molecule has 1 atom stereocenters. The fourth-order valence-corrected chi connectivity index (χ4v) is 1.97. The second-order valence-electron chi connectivity index (χ2n) is 4.50. The predicted octanol–water partition coefficient (Wildman–Crippen LogP) is 0.316. The van der Waals surface area contributed by atoms with Crippen LogP contribution in [0.25, 0.3) is 0 Å². The topological polar surface area (TPSA) is 113 Å². The SMILES string of the molecule is Cc1n[nH]c(C)c1C(=O)NC(C(=O)O)c1cnn(C)c1. The van der Waals surface area contributed by atoms with Crippen molar-refractivity contribution in [2.45, 2.75) is 19.9 Å². The smallest absolute Gasteiger partial charge is 0.331 e. The number of carboxylic acids is 1. The molecule has 0 aromatic carbocycles. The third kappa shape index (κ3) is 2.53. The minimum atomic E-state index is -1.15. The largest absolute Gasteiger partial charge is 0.479 e. The molecule has 0 radical (unpaired) electrons. The van der Waals surface area contributed by atoms with Gasteiger partial charge in [-0.15, -0.1) is 0 Å². The van der Waals surface area contributed by atoms with Gasteiger partial charge in [0, 0.05) is 24.5 Å². The van der Waals surface area contributed by atoms with Crippen molar-refractivity contribution in [3.05, 3.63) is 34.9 Å². The molecule has 106 valence electrons. The van der Waals surface area contributed by atoms with E-state index in [9.17, 15) is 14.7 Å². The molecule has 0 bridgehead atoms. The van der Waals surface area contributed by atoms with Crippen LogP contribution < -0.4 is 5.32 Å². The lowest BCUT2D eigenvalue weighted by Gasteiger charge is -2.12. The van der Waals surface area contributed by atoms with Gasteiger partial charge in [0.1, 0.15) is 0 Å². The summed E-state index contributed by atoms with van der Waals surface area (Å²) in [6.07, 6.45) is 2.96. The Bertz CT molecular complexity index is 638. The fraction of sp³-hybridized carbons (Fsp3) is 0.333. The number of H-pyrrole nitrogens is 1. The van der Waals surface area contributed by atoms with Gasteiger partial charge >= 0.3 is 5.97 Å². The van der Waals surface area contributed by atoms with Crippen molar-refractivity contribution in [3.63, 3.8) is 0 Å². The maximum Gasteiger partial charge on any atom is 0.331 e. The van der Waals surface area contributed by atoms with Crippen molar-refractivity contribution in [1.82, 2.24) is 25.3 Å². The lowest BCUT2D eigenvalue weighted by Crippen LogP contribution is -2.34. The number of aromatic amines is 1. The Labute approximate surface area is 114 Å². The van der Waals surface area contributed by atoms with Crippen molar-refractivity contribution in [2.24, 2.45) is 7.05 Å². The Kier molecular flexibility index (Phi) is 3.55. The Morgan fingerprint density at radius 3 is 2.60 bits per heavy atom. The summed E-state index contributed by atoms with van der Waals surface area (Å²) in [7, 11) is 1.68. The minimum absolute atomic E-state index is 0.361. The maximum absolute atomic E-state index is 12.2. The number of aliphatic carboxylic acids is 1. The summed E-state index contributed by atoms with van der Waals surface area (Å²) in [5, 5.41) is 22.2. The third-order valence-corrected chi connectivity index (χ3v) is 2.94. The molecule has 1 amide bonds. The molecule has 8 heteroatoms. The fourth-order valence-electron chi connectivity index (χ4n) is 1.97. The molecule has 0 spiro atoms. The monoisotopic (exact) mass is 277 g/mol. The average molecular weight is 277 g/mol. The highest BCUT2D eigenvalue weighted by atomic mass is 16.4. The predicted molar refractivity (Wildman–Crippen MR) is 69.1 cm³/mol. The molecule has 2 aromatic rings. The molecule has 0 aliphatic carbocycles. The number of nitrogens with zero attached hydrogens (tertiary/aromatic N) is 3. The Hall–Kier alpha value is -2.64. The van der Waals surface area contributed by atoms with Crippen LogP contribution in [-0.4, -0.2) is 37.0 Å². The molecule has 0 aliphatic rings. The number of nitrogens with one attached hydrogen (secondary N) is 2. The normalized spacial score (nSPS) is 12.2. The summed E-state index contributed by atoms with van der Waals surface area (Å²) in [6, 6.07) is -1.15. The molecular weight excluding hydrogens is 262 g/mol. The van der Waals surface area contributed by atoms with Crippen molar-refractivity contribution < 1.29 is 14.7 Å². The van der Waals surface area contributed by atoms with Crippen LogP contribution in [-0.2, 0) is 11.8 Å². The number of aromatic nitrogens is 4. The van der Waals surface area contributed by atoms with E-state index in [1.54, 1.807) is 27.1 Å². The molecule has 0 saturated heterocycles. The second kappa shape index (κ2) is 5.16. The summed E-state index contributed by atoms with van der Waals surface area (Å²) in [6.45, 7) is 3.38. The first-order chi connectivity index (χ1) is 9.40. The van der Waals surface area contributed by atoms with Crippen LogP contribution in [0, 0.1) is 13.8 Å². The van der Waals surface area contributed by atoms with Gasteiger partial charge in [-0.1, -0.05) is 0 Å². The van der Waals surface area contributed by atoms with Crippen LogP contribution in [0.15, 0.2) is 12.4 Å². The van der Waals surface area contributed by atoms with Crippen molar-refractivity contribution in [1.29, 1.82) is 0 Å². The Morgan fingerprint density at radius 1 is 1.45 bits per heavy atom. The lowest BCUT2D eigenvalue weighted by molar-refractivity contribution is -0.139. The van der Waals surface area contributed by atoms with Crippen LogP contribution in [0.2, 0.25) is 0 Å². The summed E-state index contributed by atoms with van der Waals surface area (Å²) >= 11 is 0. The molecule has 2 rings (SSSR count). The van der Waals surface area contributed by atoms with Crippen LogP contribution >= 0.6 is 0 Å². The molecule has 2 aromatic heterocycles. The number of hydrogen-bond donors (Lipinski definition) is 3. The number of amides is 1. The van der Waals surface area contributed by atoms with E-state index >= 15 is 0 Å². The van der Waals surface area contributed by atoms with Gasteiger partial charge in [0.25, 0.3) is 5.91 Å². The number of hydrogen-bond acceptors (Lipinski definition) is 4. The lowest BCUT2D eigenvalue weighted by atomic mass is 10.1. The number of carbonyl (C=O) groups excluding carboxylic acids is 1. The number of carbonyl (C=O) groups is 2. The van der Waals surface area contributed by atoms with Gasteiger partial charge in [-0.3, -0.25) is 14.6 Å². The van der Waals surface area contributed by atoms with Crippen LogP contribution in [0.1, 0.15) is 33.4 Å². The van der Waals surface area contributed by atoms with Crippen molar-refractivity contribution >= 4 is 11.9 Å². The number of aryl methyl sites for hydroxylation is 3. The highest BCUT2D eigenvalue weighted by Gasteiger charge is 2.26. The van der Waals surface area contributed by atoms with Gasteiger partial charge in [0.15, 0.2) is 6.04 Å². The highest BCUT2D eigenvalue weighted by molar-refractivity contribution is 5.98. The zero-order chi connectivity index (χ0) is 14.9. The van der Waals surface area contributed by atoms with Gasteiger partial charge in [-0.25, -0.2) is 4.79 Å². The Balaban J connectivity index is 2.26. The molecule has 2 heterocycles. The van der Waals surface area contributed by atoms with E-state index in [1.165, 1.54) is 10.9 Å².